The molecular formula is C12H21F3N2. The van der Waals surface area contributed by atoms with Crippen LogP contribution in [-0.2, 0) is 0 Å². The normalized spacial score (nSPS) is 34.1. The second-order valence-corrected chi connectivity index (χ2v) is 5.80. The Kier molecular flexibility index (Phi) is 3.19. The summed E-state index contributed by atoms with van der Waals surface area (Å²) in [5.74, 6) is 0.245. The van der Waals surface area contributed by atoms with Gasteiger partial charge in [0.15, 0.2) is 0 Å². The van der Waals surface area contributed by atoms with Crippen LogP contribution in [0.1, 0.15) is 33.6 Å². The Balaban J connectivity index is 2.21. The summed E-state index contributed by atoms with van der Waals surface area (Å²) in [6, 6.07) is 0.139. The van der Waals surface area contributed by atoms with Crippen molar-refractivity contribution in [2.45, 2.75) is 57.4 Å². The van der Waals surface area contributed by atoms with Crippen molar-refractivity contribution < 1.29 is 13.2 Å². The Bertz CT molecular complexity index is 284. The minimum Gasteiger partial charge on any atom is -0.311 e. The van der Waals surface area contributed by atoms with Crippen molar-refractivity contribution in [2.24, 2.45) is 5.92 Å². The largest absolute Gasteiger partial charge is 0.406 e. The van der Waals surface area contributed by atoms with Gasteiger partial charge in [-0.3, -0.25) is 4.90 Å². The summed E-state index contributed by atoms with van der Waals surface area (Å²) in [4.78, 5) is 1.72. The average Bonchev–Trinajstić information content (AvgIpc) is 2.96. The second-order valence-electron chi connectivity index (χ2n) is 5.80. The van der Waals surface area contributed by atoms with Gasteiger partial charge < -0.3 is 5.32 Å². The van der Waals surface area contributed by atoms with Crippen LogP contribution in [0.4, 0.5) is 13.2 Å². The number of nitrogens with zero attached hydrogens (tertiary/aromatic N) is 1. The number of piperazine rings is 1. The van der Waals surface area contributed by atoms with E-state index >= 15 is 0 Å². The van der Waals surface area contributed by atoms with Gasteiger partial charge in [-0.2, -0.15) is 13.2 Å². The molecule has 0 radical (unpaired) electrons. The van der Waals surface area contributed by atoms with Gasteiger partial charge in [-0.1, -0.05) is 13.8 Å². The molecule has 0 aromatic heterocycles. The van der Waals surface area contributed by atoms with E-state index in [1.54, 1.807) is 4.90 Å². The Morgan fingerprint density at radius 3 is 2.29 bits per heavy atom. The maximum Gasteiger partial charge on any atom is 0.406 e. The highest BCUT2D eigenvalue weighted by Gasteiger charge is 2.68. The fraction of sp³-hybridized carbons (Fsp3) is 1.00. The zero-order chi connectivity index (χ0) is 12.8. The van der Waals surface area contributed by atoms with Gasteiger partial charge in [-0.15, -0.1) is 0 Å². The Morgan fingerprint density at radius 2 is 1.88 bits per heavy atom. The van der Waals surface area contributed by atoms with Gasteiger partial charge in [0.25, 0.3) is 0 Å². The average molecular weight is 250 g/mol. The number of hydrogen-bond donors (Lipinski definition) is 1. The third-order valence-electron chi connectivity index (χ3n) is 4.12. The lowest BCUT2D eigenvalue weighted by Crippen LogP contribution is -2.64. The van der Waals surface area contributed by atoms with E-state index in [0.717, 1.165) is 0 Å². The molecule has 0 bridgehead atoms. The lowest BCUT2D eigenvalue weighted by Gasteiger charge is -2.46. The van der Waals surface area contributed by atoms with E-state index in [2.05, 4.69) is 5.32 Å². The molecule has 2 aliphatic rings. The molecule has 2 fully saturated rings. The second kappa shape index (κ2) is 4.12. The summed E-state index contributed by atoms with van der Waals surface area (Å²) in [6.07, 6.45) is -3.55. The number of hydrogen-bond acceptors (Lipinski definition) is 2. The van der Waals surface area contributed by atoms with E-state index in [4.69, 9.17) is 0 Å². The summed E-state index contributed by atoms with van der Waals surface area (Å²) in [6.45, 7) is 7.12. The summed E-state index contributed by atoms with van der Waals surface area (Å²) in [7, 11) is 0. The molecule has 1 heterocycles. The molecule has 0 aromatic rings. The highest BCUT2D eigenvalue weighted by molar-refractivity contribution is 5.12. The molecule has 0 amide bonds. The van der Waals surface area contributed by atoms with Crippen molar-refractivity contribution >= 4 is 0 Å². The van der Waals surface area contributed by atoms with Gasteiger partial charge in [0, 0.05) is 25.2 Å². The van der Waals surface area contributed by atoms with E-state index in [0.29, 0.717) is 13.1 Å². The third-order valence-corrected chi connectivity index (χ3v) is 4.12. The minimum absolute atomic E-state index is 0.00433. The summed E-state index contributed by atoms with van der Waals surface area (Å²) < 4.78 is 39.5. The lowest BCUT2D eigenvalue weighted by atomic mass is 9.95. The van der Waals surface area contributed by atoms with Crippen LogP contribution in [0.25, 0.3) is 0 Å². The van der Waals surface area contributed by atoms with Gasteiger partial charge in [0.2, 0.25) is 0 Å². The van der Waals surface area contributed by atoms with E-state index in [9.17, 15) is 13.2 Å². The van der Waals surface area contributed by atoms with E-state index in [-0.39, 0.29) is 30.8 Å². The quantitative estimate of drug-likeness (QED) is 0.809. The molecule has 1 N–H and O–H groups in total. The molecule has 2 rings (SSSR count). The van der Waals surface area contributed by atoms with Crippen molar-refractivity contribution in [3.63, 3.8) is 0 Å². The van der Waals surface area contributed by atoms with Gasteiger partial charge in [0.1, 0.15) is 5.54 Å². The van der Waals surface area contributed by atoms with Gasteiger partial charge >= 0.3 is 6.18 Å². The lowest BCUT2D eigenvalue weighted by molar-refractivity contribution is -0.208. The first-order chi connectivity index (χ1) is 7.78. The number of halogens is 3. The predicted octanol–water partition coefficient (Wildman–Crippen LogP) is 2.40. The molecule has 2 nitrogen and oxygen atoms in total. The van der Waals surface area contributed by atoms with E-state index in [1.807, 2.05) is 20.8 Å². The molecule has 2 unspecified atom stereocenters. The highest BCUT2D eigenvalue weighted by Crippen LogP contribution is 2.55. The maximum atomic E-state index is 13.2. The maximum absolute atomic E-state index is 13.2. The molecule has 17 heavy (non-hydrogen) atoms. The first kappa shape index (κ1) is 13.1. The number of alkyl halides is 3. The molecule has 0 aromatic carbocycles. The third kappa shape index (κ3) is 2.19. The number of rotatable bonds is 2. The van der Waals surface area contributed by atoms with Crippen LogP contribution >= 0.6 is 0 Å². The molecule has 1 aliphatic carbocycles. The van der Waals surface area contributed by atoms with Crippen molar-refractivity contribution in [1.29, 1.82) is 0 Å². The minimum atomic E-state index is -4.09. The van der Waals surface area contributed by atoms with Gasteiger partial charge in [-0.05, 0) is 25.7 Å². The van der Waals surface area contributed by atoms with Crippen LogP contribution in [-0.4, -0.2) is 41.8 Å². The Morgan fingerprint density at radius 1 is 1.29 bits per heavy atom. The summed E-state index contributed by atoms with van der Waals surface area (Å²) >= 11 is 0. The summed E-state index contributed by atoms with van der Waals surface area (Å²) in [5, 5.41) is 3.29. The monoisotopic (exact) mass is 250 g/mol. The SMILES string of the molecule is CC1CN(C2(C(F)(F)F)CC2)C(C(C)C)CN1. The molecule has 0 spiro atoms. The zero-order valence-electron chi connectivity index (χ0n) is 10.6. The van der Waals surface area contributed by atoms with Crippen LogP contribution in [0.3, 0.4) is 0 Å². The van der Waals surface area contributed by atoms with Crippen molar-refractivity contribution in [3.05, 3.63) is 0 Å². The van der Waals surface area contributed by atoms with Crippen molar-refractivity contribution in [2.75, 3.05) is 13.1 Å². The van der Waals surface area contributed by atoms with E-state index in [1.165, 1.54) is 0 Å². The van der Waals surface area contributed by atoms with Crippen LogP contribution in [0.15, 0.2) is 0 Å². The van der Waals surface area contributed by atoms with E-state index < -0.39 is 11.7 Å². The smallest absolute Gasteiger partial charge is 0.311 e. The van der Waals surface area contributed by atoms with Crippen LogP contribution in [0, 0.1) is 5.92 Å². The van der Waals surface area contributed by atoms with Crippen LogP contribution in [0.2, 0.25) is 0 Å². The molecule has 5 heteroatoms. The van der Waals surface area contributed by atoms with Gasteiger partial charge in [0.05, 0.1) is 0 Å². The molecule has 100 valence electrons. The standard InChI is InChI=1S/C12H21F3N2/c1-8(2)10-6-16-9(3)7-17(10)11(4-5-11)12(13,14)15/h8-10,16H,4-7H2,1-3H3. The Labute approximate surface area is 101 Å². The molecule has 2 atom stereocenters. The molecule has 1 saturated carbocycles. The van der Waals surface area contributed by atoms with Gasteiger partial charge in [-0.25, -0.2) is 0 Å². The first-order valence-electron chi connectivity index (χ1n) is 6.35. The van der Waals surface area contributed by atoms with Crippen molar-refractivity contribution in [3.8, 4) is 0 Å². The molecule has 1 aliphatic heterocycles. The molecular weight excluding hydrogens is 229 g/mol. The predicted molar refractivity (Wildman–Crippen MR) is 60.8 cm³/mol. The number of nitrogens with one attached hydrogen (secondary N) is 1. The first-order valence-corrected chi connectivity index (χ1v) is 6.35. The molecule has 1 saturated heterocycles. The van der Waals surface area contributed by atoms with Crippen molar-refractivity contribution in [1.82, 2.24) is 10.2 Å². The van der Waals surface area contributed by atoms with Crippen LogP contribution in [0.5, 0.6) is 0 Å². The fourth-order valence-corrected chi connectivity index (χ4v) is 2.87. The zero-order valence-corrected chi connectivity index (χ0v) is 10.6. The highest BCUT2D eigenvalue weighted by atomic mass is 19.4. The van der Waals surface area contributed by atoms with Crippen LogP contribution < -0.4 is 5.32 Å². The Hall–Kier alpha value is -0.290. The fourth-order valence-electron chi connectivity index (χ4n) is 2.87. The topological polar surface area (TPSA) is 15.3 Å². The summed E-state index contributed by atoms with van der Waals surface area (Å²) in [5.41, 5.74) is -1.52.